The number of methoxy groups -OCH3 is 2. The molecule has 0 atom stereocenters. The van der Waals surface area contributed by atoms with Crippen molar-refractivity contribution in [3.63, 3.8) is 0 Å². The monoisotopic (exact) mass is 417 g/mol. The normalized spacial score (nSPS) is 14.4. The average molecular weight is 418 g/mol. The predicted molar refractivity (Wildman–Crippen MR) is 109 cm³/mol. The summed E-state index contributed by atoms with van der Waals surface area (Å²) < 4.78 is 16.0. The van der Waals surface area contributed by atoms with Crippen molar-refractivity contribution in [1.29, 1.82) is 0 Å². The van der Waals surface area contributed by atoms with E-state index in [1.807, 2.05) is 6.07 Å². The third-order valence-electron chi connectivity index (χ3n) is 5.04. The van der Waals surface area contributed by atoms with E-state index >= 15 is 0 Å². The van der Waals surface area contributed by atoms with Gasteiger partial charge in [-0.2, -0.15) is 0 Å². The molecule has 1 fully saturated rings. The fourth-order valence-electron chi connectivity index (χ4n) is 3.34. The Balaban J connectivity index is 1.50. The maximum atomic E-state index is 12.6. The quantitative estimate of drug-likeness (QED) is 0.666. The summed E-state index contributed by atoms with van der Waals surface area (Å²) in [5.74, 6) is 0.733. The molecule has 0 unspecified atom stereocenters. The molecule has 0 saturated carbocycles. The fraction of sp³-hybridized carbons (Fsp3) is 0.364. The number of hydrogen-bond acceptors (Lipinski definition) is 5. The molecule has 0 spiro atoms. The molecule has 154 valence electrons. The molecule has 0 aromatic heterocycles. The van der Waals surface area contributed by atoms with Crippen molar-refractivity contribution in [3.05, 3.63) is 58.6 Å². The second kappa shape index (κ2) is 9.65. The summed E-state index contributed by atoms with van der Waals surface area (Å²) in [6.45, 7) is 1.22. The smallest absolute Gasteiger partial charge is 0.309 e. The first-order chi connectivity index (χ1) is 14.0. The van der Waals surface area contributed by atoms with E-state index in [4.69, 9.17) is 25.8 Å². The highest BCUT2D eigenvalue weighted by Gasteiger charge is 2.28. The highest BCUT2D eigenvalue weighted by atomic mass is 35.5. The van der Waals surface area contributed by atoms with Crippen LogP contribution in [-0.4, -0.2) is 44.1 Å². The van der Waals surface area contributed by atoms with Crippen LogP contribution >= 0.6 is 11.6 Å². The van der Waals surface area contributed by atoms with Crippen LogP contribution in [0.4, 0.5) is 0 Å². The molecule has 6 nitrogen and oxygen atoms in total. The average Bonchev–Trinajstić information content (AvgIpc) is 2.77. The van der Waals surface area contributed by atoms with E-state index in [1.165, 1.54) is 0 Å². The first kappa shape index (κ1) is 21.0. The minimum atomic E-state index is -0.238. The molecule has 1 aliphatic rings. The van der Waals surface area contributed by atoms with Gasteiger partial charge < -0.3 is 19.1 Å². The lowest BCUT2D eigenvalue weighted by molar-refractivity contribution is -0.151. The Morgan fingerprint density at radius 3 is 2.28 bits per heavy atom. The van der Waals surface area contributed by atoms with Gasteiger partial charge in [0.2, 0.25) is 0 Å². The Hall–Kier alpha value is -2.73. The minimum Gasteiger partial charge on any atom is -0.493 e. The van der Waals surface area contributed by atoms with Gasteiger partial charge >= 0.3 is 5.97 Å². The van der Waals surface area contributed by atoms with Gasteiger partial charge in [-0.05, 0) is 54.8 Å². The topological polar surface area (TPSA) is 65.1 Å². The number of nitrogens with zero attached hydrogens (tertiary/aromatic N) is 1. The second-order valence-corrected chi connectivity index (χ2v) is 7.31. The van der Waals surface area contributed by atoms with E-state index in [0.717, 1.165) is 5.56 Å². The molecule has 29 heavy (non-hydrogen) atoms. The van der Waals surface area contributed by atoms with Crippen LogP contribution < -0.4 is 9.47 Å². The van der Waals surface area contributed by atoms with Crippen molar-refractivity contribution in [3.8, 4) is 11.5 Å². The standard InChI is InChI=1S/C22H24ClNO5/c1-27-19-8-3-15(13-20(19)28-2)14-29-22(26)17-9-11-24(12-10-17)21(25)16-4-6-18(23)7-5-16/h3-8,13,17H,9-12,14H2,1-2H3. The maximum Gasteiger partial charge on any atom is 0.309 e. The summed E-state index contributed by atoms with van der Waals surface area (Å²) in [7, 11) is 3.13. The summed E-state index contributed by atoms with van der Waals surface area (Å²) in [5, 5.41) is 0.595. The van der Waals surface area contributed by atoms with Crippen molar-refractivity contribution in [2.45, 2.75) is 19.4 Å². The van der Waals surface area contributed by atoms with E-state index in [9.17, 15) is 9.59 Å². The van der Waals surface area contributed by atoms with E-state index in [-0.39, 0.29) is 24.4 Å². The SMILES string of the molecule is COc1ccc(COC(=O)C2CCN(C(=O)c3ccc(Cl)cc3)CC2)cc1OC. The first-order valence-electron chi connectivity index (χ1n) is 9.44. The van der Waals surface area contributed by atoms with Crippen LogP contribution in [0.15, 0.2) is 42.5 Å². The Kier molecular flexibility index (Phi) is 6.99. The highest BCUT2D eigenvalue weighted by Crippen LogP contribution is 2.28. The molecule has 1 aliphatic heterocycles. The van der Waals surface area contributed by atoms with Crippen LogP contribution in [0.2, 0.25) is 5.02 Å². The van der Waals surface area contributed by atoms with Gasteiger partial charge in [0.05, 0.1) is 20.1 Å². The molecule has 1 heterocycles. The third-order valence-corrected chi connectivity index (χ3v) is 5.29. The highest BCUT2D eigenvalue weighted by molar-refractivity contribution is 6.30. The largest absolute Gasteiger partial charge is 0.493 e. The molecule has 1 saturated heterocycles. The lowest BCUT2D eigenvalue weighted by Crippen LogP contribution is -2.40. The number of halogens is 1. The van der Waals surface area contributed by atoms with Gasteiger partial charge in [0.25, 0.3) is 5.91 Å². The van der Waals surface area contributed by atoms with Crippen LogP contribution in [0.5, 0.6) is 11.5 Å². The molecule has 0 aliphatic carbocycles. The third kappa shape index (κ3) is 5.21. The van der Waals surface area contributed by atoms with Gasteiger partial charge in [0, 0.05) is 23.7 Å². The number of carbonyl (C=O) groups excluding carboxylic acids is 2. The van der Waals surface area contributed by atoms with Crippen LogP contribution in [0, 0.1) is 5.92 Å². The Morgan fingerprint density at radius 1 is 1.00 bits per heavy atom. The van der Waals surface area contributed by atoms with Gasteiger partial charge in [0.1, 0.15) is 6.61 Å². The number of ether oxygens (including phenoxy) is 3. The van der Waals surface area contributed by atoms with Crippen LogP contribution in [0.3, 0.4) is 0 Å². The molecule has 0 N–H and O–H groups in total. The van der Waals surface area contributed by atoms with Gasteiger partial charge in [-0.3, -0.25) is 9.59 Å². The number of amides is 1. The predicted octanol–water partition coefficient (Wildman–Crippen LogP) is 3.95. The minimum absolute atomic E-state index is 0.0428. The van der Waals surface area contributed by atoms with E-state index in [1.54, 1.807) is 55.5 Å². The van der Waals surface area contributed by atoms with Gasteiger partial charge in [-0.1, -0.05) is 17.7 Å². The van der Waals surface area contributed by atoms with Crippen LogP contribution in [-0.2, 0) is 16.1 Å². The number of rotatable bonds is 6. The lowest BCUT2D eigenvalue weighted by Gasteiger charge is -2.31. The Labute approximate surface area is 175 Å². The fourth-order valence-corrected chi connectivity index (χ4v) is 3.46. The Morgan fingerprint density at radius 2 is 1.66 bits per heavy atom. The second-order valence-electron chi connectivity index (χ2n) is 6.87. The van der Waals surface area contributed by atoms with Crippen LogP contribution in [0.25, 0.3) is 0 Å². The zero-order valence-corrected chi connectivity index (χ0v) is 17.3. The molecule has 7 heteroatoms. The first-order valence-corrected chi connectivity index (χ1v) is 9.82. The van der Waals surface area contributed by atoms with Gasteiger partial charge in [-0.25, -0.2) is 0 Å². The molecule has 3 rings (SSSR count). The zero-order valence-electron chi connectivity index (χ0n) is 16.5. The maximum absolute atomic E-state index is 12.6. The van der Waals surface area contributed by atoms with E-state index in [2.05, 4.69) is 0 Å². The number of esters is 1. The molecular formula is C22H24ClNO5. The summed E-state index contributed by atoms with van der Waals surface area (Å²) in [6.07, 6.45) is 1.17. The molecule has 1 amide bonds. The number of benzene rings is 2. The van der Waals surface area contributed by atoms with E-state index < -0.39 is 0 Å². The van der Waals surface area contributed by atoms with Gasteiger partial charge in [0.15, 0.2) is 11.5 Å². The summed E-state index contributed by atoms with van der Waals surface area (Å²) in [6, 6.07) is 12.2. The summed E-state index contributed by atoms with van der Waals surface area (Å²) >= 11 is 5.87. The molecule has 0 radical (unpaired) electrons. The van der Waals surface area contributed by atoms with Gasteiger partial charge in [-0.15, -0.1) is 0 Å². The molecule has 0 bridgehead atoms. The van der Waals surface area contributed by atoms with Crippen molar-refractivity contribution in [1.82, 2.24) is 4.90 Å². The number of carbonyl (C=O) groups is 2. The van der Waals surface area contributed by atoms with Crippen molar-refractivity contribution < 1.29 is 23.8 Å². The summed E-state index contributed by atoms with van der Waals surface area (Å²) in [4.78, 5) is 26.8. The van der Waals surface area contributed by atoms with Crippen molar-refractivity contribution >= 4 is 23.5 Å². The molecule has 2 aromatic rings. The molecule has 2 aromatic carbocycles. The summed E-state index contributed by atoms with van der Waals surface area (Å²) in [5.41, 5.74) is 1.43. The number of hydrogen-bond donors (Lipinski definition) is 0. The molecular weight excluding hydrogens is 394 g/mol. The van der Waals surface area contributed by atoms with Crippen molar-refractivity contribution in [2.75, 3.05) is 27.3 Å². The lowest BCUT2D eigenvalue weighted by atomic mass is 9.96. The van der Waals surface area contributed by atoms with Crippen molar-refractivity contribution in [2.24, 2.45) is 5.92 Å². The Bertz CT molecular complexity index is 860. The zero-order chi connectivity index (χ0) is 20.8. The van der Waals surface area contributed by atoms with Crippen LogP contribution in [0.1, 0.15) is 28.8 Å². The number of piperidine rings is 1. The van der Waals surface area contributed by atoms with E-state index in [0.29, 0.717) is 48.0 Å². The number of likely N-dealkylation sites (tertiary alicyclic amines) is 1.